The van der Waals surface area contributed by atoms with Crippen LogP contribution in [-0.2, 0) is 14.3 Å². The number of likely N-dealkylation sites (tertiary alicyclic amines) is 1. The molecule has 2 fully saturated rings. The van der Waals surface area contributed by atoms with Crippen LogP contribution in [0.25, 0.3) is 0 Å². The fourth-order valence-corrected chi connectivity index (χ4v) is 3.37. The fraction of sp³-hybridized carbons (Fsp3) is 0.938. The molecule has 0 bridgehead atoms. The number of hydrogen-bond acceptors (Lipinski definition) is 3. The second-order valence-corrected chi connectivity index (χ2v) is 6.44. The van der Waals surface area contributed by atoms with Crippen LogP contribution in [0.3, 0.4) is 0 Å². The molecule has 0 saturated carbocycles. The van der Waals surface area contributed by atoms with E-state index >= 15 is 0 Å². The van der Waals surface area contributed by atoms with Gasteiger partial charge in [0.25, 0.3) is 0 Å². The molecule has 1 amide bonds. The highest BCUT2D eigenvalue weighted by Gasteiger charge is 2.35. The van der Waals surface area contributed by atoms with Crippen molar-refractivity contribution in [1.82, 2.24) is 4.90 Å². The van der Waals surface area contributed by atoms with Crippen molar-refractivity contribution < 1.29 is 14.3 Å². The molecule has 0 aromatic rings. The van der Waals surface area contributed by atoms with Crippen LogP contribution in [0.5, 0.6) is 0 Å². The van der Waals surface area contributed by atoms with Gasteiger partial charge in [-0.3, -0.25) is 4.79 Å². The third-order valence-corrected chi connectivity index (χ3v) is 4.52. The standard InChI is InChI=1S/C16H29NO3/c1-4-6-14(12(2)3)15(18)17-8-5-7-13(11-17)16-19-9-10-20-16/h12-14,16H,4-11H2,1-3H3. The molecule has 0 aromatic carbocycles. The summed E-state index contributed by atoms with van der Waals surface area (Å²) in [4.78, 5) is 14.8. The highest BCUT2D eigenvalue weighted by molar-refractivity contribution is 5.79. The quantitative estimate of drug-likeness (QED) is 0.778. The minimum absolute atomic E-state index is 0.0886. The molecule has 2 aliphatic heterocycles. The van der Waals surface area contributed by atoms with Crippen molar-refractivity contribution in [2.45, 2.75) is 52.7 Å². The van der Waals surface area contributed by atoms with E-state index in [4.69, 9.17) is 9.47 Å². The van der Waals surface area contributed by atoms with Crippen molar-refractivity contribution in [2.75, 3.05) is 26.3 Å². The molecule has 2 unspecified atom stereocenters. The topological polar surface area (TPSA) is 38.8 Å². The minimum Gasteiger partial charge on any atom is -0.350 e. The third kappa shape index (κ3) is 3.73. The Balaban J connectivity index is 1.94. The normalized spacial score (nSPS) is 26.2. The van der Waals surface area contributed by atoms with Gasteiger partial charge in [0, 0.05) is 24.9 Å². The lowest BCUT2D eigenvalue weighted by atomic mass is 9.88. The van der Waals surface area contributed by atoms with Crippen LogP contribution in [0.2, 0.25) is 0 Å². The van der Waals surface area contributed by atoms with Crippen molar-refractivity contribution >= 4 is 5.91 Å². The highest BCUT2D eigenvalue weighted by atomic mass is 16.7. The van der Waals surface area contributed by atoms with E-state index in [0.717, 1.165) is 38.8 Å². The summed E-state index contributed by atoms with van der Waals surface area (Å²) in [5, 5.41) is 0. The lowest BCUT2D eigenvalue weighted by Gasteiger charge is -2.37. The smallest absolute Gasteiger partial charge is 0.225 e. The van der Waals surface area contributed by atoms with E-state index in [1.165, 1.54) is 0 Å². The van der Waals surface area contributed by atoms with E-state index in [9.17, 15) is 4.79 Å². The van der Waals surface area contributed by atoms with Gasteiger partial charge in [-0.2, -0.15) is 0 Å². The van der Waals surface area contributed by atoms with Gasteiger partial charge in [-0.25, -0.2) is 0 Å². The number of nitrogens with zero attached hydrogens (tertiary/aromatic N) is 1. The van der Waals surface area contributed by atoms with Gasteiger partial charge < -0.3 is 14.4 Å². The van der Waals surface area contributed by atoms with Crippen molar-refractivity contribution in [2.24, 2.45) is 17.8 Å². The van der Waals surface area contributed by atoms with E-state index in [1.54, 1.807) is 0 Å². The molecule has 20 heavy (non-hydrogen) atoms. The zero-order valence-corrected chi connectivity index (χ0v) is 13.1. The molecule has 2 rings (SSSR count). The second-order valence-electron chi connectivity index (χ2n) is 6.44. The van der Waals surface area contributed by atoms with E-state index in [1.807, 2.05) is 0 Å². The lowest BCUT2D eigenvalue weighted by Crippen LogP contribution is -2.46. The average Bonchev–Trinajstić information content (AvgIpc) is 2.98. The summed E-state index contributed by atoms with van der Waals surface area (Å²) < 4.78 is 11.2. The molecule has 2 atom stereocenters. The first-order valence-corrected chi connectivity index (χ1v) is 8.15. The summed E-state index contributed by atoms with van der Waals surface area (Å²) in [7, 11) is 0. The summed E-state index contributed by atoms with van der Waals surface area (Å²) >= 11 is 0. The van der Waals surface area contributed by atoms with Gasteiger partial charge in [0.1, 0.15) is 0 Å². The van der Waals surface area contributed by atoms with Crippen LogP contribution in [0, 0.1) is 17.8 Å². The Kier molecular flexibility index (Phi) is 5.85. The Morgan fingerprint density at radius 3 is 2.60 bits per heavy atom. The number of ether oxygens (including phenoxy) is 2. The summed E-state index contributed by atoms with van der Waals surface area (Å²) in [6, 6.07) is 0. The summed E-state index contributed by atoms with van der Waals surface area (Å²) in [5.41, 5.74) is 0. The lowest BCUT2D eigenvalue weighted by molar-refractivity contribution is -0.144. The van der Waals surface area contributed by atoms with Gasteiger partial charge in [-0.15, -0.1) is 0 Å². The number of rotatable bonds is 5. The summed E-state index contributed by atoms with van der Waals surface area (Å²) in [6.07, 6.45) is 4.15. The molecule has 0 aromatic heterocycles. The predicted octanol–water partition coefficient (Wildman–Crippen LogP) is 2.67. The number of piperidine rings is 1. The Hall–Kier alpha value is -0.610. The van der Waals surface area contributed by atoms with E-state index < -0.39 is 0 Å². The molecule has 2 heterocycles. The third-order valence-electron chi connectivity index (χ3n) is 4.52. The van der Waals surface area contributed by atoms with Crippen molar-refractivity contribution in [3.63, 3.8) is 0 Å². The minimum atomic E-state index is -0.0886. The maximum Gasteiger partial charge on any atom is 0.225 e. The highest BCUT2D eigenvalue weighted by Crippen LogP contribution is 2.28. The van der Waals surface area contributed by atoms with Crippen LogP contribution >= 0.6 is 0 Å². The van der Waals surface area contributed by atoms with E-state index in [2.05, 4.69) is 25.7 Å². The Morgan fingerprint density at radius 2 is 2.00 bits per heavy atom. The zero-order chi connectivity index (χ0) is 14.5. The molecule has 4 nitrogen and oxygen atoms in total. The maximum atomic E-state index is 12.7. The second kappa shape index (κ2) is 7.41. The average molecular weight is 283 g/mol. The molecular weight excluding hydrogens is 254 g/mol. The van der Waals surface area contributed by atoms with Crippen molar-refractivity contribution in [3.05, 3.63) is 0 Å². The van der Waals surface area contributed by atoms with Crippen LogP contribution in [0.15, 0.2) is 0 Å². The largest absolute Gasteiger partial charge is 0.350 e. The van der Waals surface area contributed by atoms with E-state index in [0.29, 0.717) is 31.0 Å². The van der Waals surface area contributed by atoms with E-state index in [-0.39, 0.29) is 12.2 Å². The fourth-order valence-electron chi connectivity index (χ4n) is 3.37. The molecule has 0 radical (unpaired) electrons. The predicted molar refractivity (Wildman–Crippen MR) is 78.2 cm³/mol. The Morgan fingerprint density at radius 1 is 1.30 bits per heavy atom. The maximum absolute atomic E-state index is 12.7. The van der Waals surface area contributed by atoms with Gasteiger partial charge in [-0.05, 0) is 25.2 Å². The number of carbonyl (C=O) groups is 1. The molecular formula is C16H29NO3. The molecule has 0 aliphatic carbocycles. The SMILES string of the molecule is CCCC(C(=O)N1CCCC(C2OCCO2)C1)C(C)C. The van der Waals surface area contributed by atoms with Crippen LogP contribution in [0.4, 0.5) is 0 Å². The molecule has 0 spiro atoms. The summed E-state index contributed by atoms with van der Waals surface area (Å²) in [5.74, 6) is 1.28. The number of hydrogen-bond donors (Lipinski definition) is 0. The summed E-state index contributed by atoms with van der Waals surface area (Å²) in [6.45, 7) is 9.55. The van der Waals surface area contributed by atoms with Gasteiger partial charge >= 0.3 is 0 Å². The number of amides is 1. The molecule has 0 N–H and O–H groups in total. The number of carbonyl (C=O) groups excluding carboxylic acids is 1. The molecule has 116 valence electrons. The molecule has 2 saturated heterocycles. The molecule has 2 aliphatic rings. The first-order chi connectivity index (χ1) is 9.63. The van der Waals surface area contributed by atoms with Gasteiger partial charge in [-0.1, -0.05) is 27.2 Å². The first kappa shape index (κ1) is 15.8. The van der Waals surface area contributed by atoms with Crippen LogP contribution in [-0.4, -0.2) is 43.4 Å². The first-order valence-electron chi connectivity index (χ1n) is 8.15. The van der Waals surface area contributed by atoms with Gasteiger partial charge in [0.15, 0.2) is 6.29 Å². The Labute approximate surface area is 122 Å². The van der Waals surface area contributed by atoms with Crippen LogP contribution < -0.4 is 0 Å². The Bertz CT molecular complexity index is 313. The monoisotopic (exact) mass is 283 g/mol. The van der Waals surface area contributed by atoms with Crippen molar-refractivity contribution in [3.8, 4) is 0 Å². The molecule has 4 heteroatoms. The van der Waals surface area contributed by atoms with Crippen molar-refractivity contribution in [1.29, 1.82) is 0 Å². The van der Waals surface area contributed by atoms with Gasteiger partial charge in [0.05, 0.1) is 13.2 Å². The zero-order valence-electron chi connectivity index (χ0n) is 13.1. The van der Waals surface area contributed by atoms with Gasteiger partial charge in [0.2, 0.25) is 5.91 Å². The van der Waals surface area contributed by atoms with Crippen LogP contribution in [0.1, 0.15) is 46.5 Å².